The molecule has 1 aliphatic rings. The van der Waals surface area contributed by atoms with Crippen LogP contribution in [0.25, 0.3) is 10.9 Å². The highest BCUT2D eigenvalue weighted by Crippen LogP contribution is 2.31. The molecule has 0 unspecified atom stereocenters. The van der Waals surface area contributed by atoms with Crippen molar-refractivity contribution in [2.45, 2.75) is 24.8 Å². The van der Waals surface area contributed by atoms with E-state index in [0.29, 0.717) is 24.5 Å². The van der Waals surface area contributed by atoms with Crippen molar-refractivity contribution >= 4 is 20.9 Å². The summed E-state index contributed by atoms with van der Waals surface area (Å²) in [6, 6.07) is 7.86. The van der Waals surface area contributed by atoms with Crippen molar-refractivity contribution in [3.8, 4) is 0 Å². The maximum atomic E-state index is 13.1. The predicted molar refractivity (Wildman–Crippen MR) is 83.9 cm³/mol. The molecule has 0 radical (unpaired) electrons. The number of fused-ring (bicyclic) bond motifs is 1. The van der Waals surface area contributed by atoms with Gasteiger partial charge in [-0.25, -0.2) is 8.42 Å². The van der Waals surface area contributed by atoms with Crippen LogP contribution < -0.4 is 5.32 Å². The molecule has 5 nitrogen and oxygen atoms in total. The van der Waals surface area contributed by atoms with E-state index in [4.69, 9.17) is 0 Å². The Bertz CT molecular complexity index is 780. The number of hydrogen-bond acceptors (Lipinski definition) is 3. The van der Waals surface area contributed by atoms with Crippen LogP contribution in [0.2, 0.25) is 0 Å². The number of nitrogens with one attached hydrogen (secondary N) is 1. The Balaban J connectivity index is 2.17. The highest BCUT2D eigenvalue weighted by atomic mass is 32.2. The van der Waals surface area contributed by atoms with Crippen LogP contribution >= 0.6 is 0 Å². The normalized spacial score (nSPS) is 21.0. The summed E-state index contributed by atoms with van der Waals surface area (Å²) in [7, 11) is -1.55. The molecule has 1 aromatic heterocycles. The molecule has 0 saturated carbocycles. The standard InChI is InChI=1S/C15H21N3O2S/c1-11-10-18(9-8-16-11)21(19,20)15-12(2)17(3)14-7-5-4-6-13(14)15/h4-7,11,16H,8-10H2,1-3H3/t11-/m0/s1. The van der Waals surface area contributed by atoms with Crippen molar-refractivity contribution in [3.63, 3.8) is 0 Å². The van der Waals surface area contributed by atoms with Gasteiger partial charge in [-0.1, -0.05) is 18.2 Å². The zero-order valence-electron chi connectivity index (χ0n) is 12.6. The molecule has 1 aromatic carbocycles. The van der Waals surface area contributed by atoms with E-state index in [0.717, 1.165) is 16.6 Å². The summed E-state index contributed by atoms with van der Waals surface area (Å²) in [6.45, 7) is 5.63. The molecule has 1 atom stereocenters. The fourth-order valence-corrected chi connectivity index (χ4v) is 5.03. The van der Waals surface area contributed by atoms with Crippen molar-refractivity contribution in [2.24, 2.45) is 7.05 Å². The lowest BCUT2D eigenvalue weighted by Crippen LogP contribution is -2.51. The van der Waals surface area contributed by atoms with Gasteiger partial charge >= 0.3 is 0 Å². The van der Waals surface area contributed by atoms with Gasteiger partial charge in [0.2, 0.25) is 10.0 Å². The molecule has 2 aromatic rings. The SMILES string of the molecule is Cc1c(S(=O)(=O)N2CCN[C@@H](C)C2)c2ccccc2n1C. The molecule has 21 heavy (non-hydrogen) atoms. The molecule has 1 fully saturated rings. The van der Waals surface area contributed by atoms with Crippen LogP contribution in [0, 0.1) is 6.92 Å². The first-order valence-electron chi connectivity index (χ1n) is 7.20. The Labute approximate surface area is 125 Å². The molecule has 0 bridgehead atoms. The average molecular weight is 307 g/mol. The first-order valence-corrected chi connectivity index (χ1v) is 8.64. The van der Waals surface area contributed by atoms with Gasteiger partial charge in [0.05, 0.1) is 0 Å². The summed E-state index contributed by atoms with van der Waals surface area (Å²) in [5, 5.41) is 4.09. The fraction of sp³-hybridized carbons (Fsp3) is 0.467. The molecule has 0 amide bonds. The predicted octanol–water partition coefficient (Wildman–Crippen LogP) is 1.47. The zero-order chi connectivity index (χ0) is 15.2. The van der Waals surface area contributed by atoms with Crippen LogP contribution in [-0.2, 0) is 17.1 Å². The van der Waals surface area contributed by atoms with E-state index in [-0.39, 0.29) is 6.04 Å². The van der Waals surface area contributed by atoms with Crippen LogP contribution in [0.3, 0.4) is 0 Å². The minimum absolute atomic E-state index is 0.184. The third-order valence-electron chi connectivity index (χ3n) is 4.27. The van der Waals surface area contributed by atoms with Gasteiger partial charge in [0.25, 0.3) is 0 Å². The summed E-state index contributed by atoms with van der Waals surface area (Å²) in [5.41, 5.74) is 1.75. The lowest BCUT2D eigenvalue weighted by molar-refractivity contribution is 0.310. The van der Waals surface area contributed by atoms with Gasteiger partial charge in [-0.2, -0.15) is 4.31 Å². The smallest absolute Gasteiger partial charge is 0.245 e. The number of piperazine rings is 1. The monoisotopic (exact) mass is 307 g/mol. The third-order valence-corrected chi connectivity index (χ3v) is 6.31. The quantitative estimate of drug-likeness (QED) is 0.914. The second-order valence-electron chi connectivity index (χ2n) is 5.71. The van der Waals surface area contributed by atoms with Gasteiger partial charge in [0, 0.05) is 49.3 Å². The molecule has 0 aliphatic carbocycles. The Morgan fingerprint density at radius 3 is 2.71 bits per heavy atom. The number of aromatic nitrogens is 1. The molecule has 1 aliphatic heterocycles. The number of aryl methyl sites for hydroxylation is 1. The van der Waals surface area contributed by atoms with Gasteiger partial charge in [-0.3, -0.25) is 0 Å². The second-order valence-corrected chi connectivity index (χ2v) is 7.58. The van der Waals surface area contributed by atoms with Crippen LogP contribution in [0.4, 0.5) is 0 Å². The number of sulfonamides is 1. The highest BCUT2D eigenvalue weighted by molar-refractivity contribution is 7.89. The van der Waals surface area contributed by atoms with E-state index in [2.05, 4.69) is 5.32 Å². The number of benzene rings is 1. The Morgan fingerprint density at radius 1 is 1.29 bits per heavy atom. The first kappa shape index (κ1) is 14.6. The third kappa shape index (κ3) is 2.27. The van der Waals surface area contributed by atoms with Gasteiger partial charge in [-0.05, 0) is 19.9 Å². The molecule has 0 spiro atoms. The van der Waals surface area contributed by atoms with Crippen LogP contribution in [-0.4, -0.2) is 43.0 Å². The summed E-state index contributed by atoms with van der Waals surface area (Å²) in [5.74, 6) is 0. The van der Waals surface area contributed by atoms with Crippen molar-refractivity contribution in [3.05, 3.63) is 30.0 Å². The molecular weight excluding hydrogens is 286 g/mol. The molecule has 6 heteroatoms. The van der Waals surface area contributed by atoms with Crippen LogP contribution in [0.15, 0.2) is 29.2 Å². The van der Waals surface area contributed by atoms with E-state index in [1.165, 1.54) is 0 Å². The van der Waals surface area contributed by atoms with Crippen molar-refractivity contribution in [1.82, 2.24) is 14.2 Å². The van der Waals surface area contributed by atoms with Crippen molar-refractivity contribution in [1.29, 1.82) is 0 Å². The Kier molecular flexibility index (Phi) is 3.55. The lowest BCUT2D eigenvalue weighted by Gasteiger charge is -2.31. The maximum Gasteiger partial charge on any atom is 0.245 e. The average Bonchev–Trinajstić information content (AvgIpc) is 2.72. The topological polar surface area (TPSA) is 54.3 Å². The van der Waals surface area contributed by atoms with Crippen LogP contribution in [0.1, 0.15) is 12.6 Å². The van der Waals surface area contributed by atoms with E-state index >= 15 is 0 Å². The van der Waals surface area contributed by atoms with E-state index in [9.17, 15) is 8.42 Å². The molecule has 1 saturated heterocycles. The Morgan fingerprint density at radius 2 is 2.00 bits per heavy atom. The van der Waals surface area contributed by atoms with Crippen molar-refractivity contribution < 1.29 is 8.42 Å². The van der Waals surface area contributed by atoms with E-state index < -0.39 is 10.0 Å². The van der Waals surface area contributed by atoms with E-state index in [1.807, 2.05) is 49.7 Å². The number of para-hydroxylation sites is 1. The molecule has 114 valence electrons. The van der Waals surface area contributed by atoms with Gasteiger partial charge in [0.15, 0.2) is 0 Å². The van der Waals surface area contributed by atoms with Gasteiger partial charge in [-0.15, -0.1) is 0 Å². The summed E-state index contributed by atoms with van der Waals surface area (Å²) >= 11 is 0. The summed E-state index contributed by atoms with van der Waals surface area (Å²) in [6.07, 6.45) is 0. The second kappa shape index (κ2) is 5.12. The number of rotatable bonds is 2. The highest BCUT2D eigenvalue weighted by Gasteiger charge is 2.32. The first-order chi connectivity index (χ1) is 9.93. The van der Waals surface area contributed by atoms with Crippen LogP contribution in [0.5, 0.6) is 0 Å². The minimum Gasteiger partial charge on any atom is -0.347 e. The fourth-order valence-electron chi connectivity index (χ4n) is 3.06. The summed E-state index contributed by atoms with van der Waals surface area (Å²) < 4.78 is 29.7. The number of hydrogen-bond donors (Lipinski definition) is 1. The molecular formula is C15H21N3O2S. The zero-order valence-corrected chi connectivity index (χ0v) is 13.4. The van der Waals surface area contributed by atoms with Gasteiger partial charge in [0.1, 0.15) is 4.90 Å². The summed E-state index contributed by atoms with van der Waals surface area (Å²) in [4.78, 5) is 0.453. The van der Waals surface area contributed by atoms with Crippen molar-refractivity contribution in [2.75, 3.05) is 19.6 Å². The lowest BCUT2D eigenvalue weighted by atomic mass is 10.2. The molecule has 2 heterocycles. The largest absolute Gasteiger partial charge is 0.347 e. The minimum atomic E-state index is -3.46. The van der Waals surface area contributed by atoms with E-state index in [1.54, 1.807) is 4.31 Å². The van der Waals surface area contributed by atoms with Gasteiger partial charge < -0.3 is 9.88 Å². The number of nitrogens with zero attached hydrogens (tertiary/aromatic N) is 2. The molecule has 1 N–H and O–H groups in total. The maximum absolute atomic E-state index is 13.1. The Hall–Kier alpha value is -1.37. The molecule has 3 rings (SSSR count).